The summed E-state index contributed by atoms with van der Waals surface area (Å²) in [5, 5.41) is 3.58. The largest absolute Gasteiger partial charge is 0.444 e. The number of alkyl carbamates (subject to hydrolysis) is 1. The van der Waals surface area contributed by atoms with E-state index < -0.39 is 5.60 Å². The van der Waals surface area contributed by atoms with Gasteiger partial charge in [0.25, 0.3) is 0 Å². The summed E-state index contributed by atoms with van der Waals surface area (Å²) in [6.45, 7) is 6.12. The van der Waals surface area contributed by atoms with Gasteiger partial charge in [0.2, 0.25) is 0 Å². The zero-order valence-electron chi connectivity index (χ0n) is 12.3. The summed E-state index contributed by atoms with van der Waals surface area (Å²) in [5.74, 6) is 0. The molecule has 1 aromatic carbocycles. The Hall–Kier alpha value is -1.29. The topological polar surface area (TPSA) is 38.3 Å². The molecule has 20 heavy (non-hydrogen) atoms. The Bertz CT molecular complexity index is 464. The molecule has 0 atom stereocenters. The number of hydrogen-bond donors (Lipinski definition) is 1. The fourth-order valence-electron chi connectivity index (χ4n) is 1.57. The van der Waals surface area contributed by atoms with Gasteiger partial charge in [-0.2, -0.15) is 0 Å². The van der Waals surface area contributed by atoms with Gasteiger partial charge in [-0.05, 0) is 38.3 Å². The number of amides is 1. The molecule has 1 N–H and O–H groups in total. The zero-order valence-corrected chi connectivity index (χ0v) is 13.9. The average Bonchev–Trinajstić information content (AvgIpc) is 2.36. The molecule has 0 fully saturated rings. The van der Waals surface area contributed by atoms with Crippen molar-refractivity contribution in [2.45, 2.75) is 38.1 Å². The van der Waals surface area contributed by atoms with Crippen molar-refractivity contribution in [3.63, 3.8) is 0 Å². The molecule has 0 saturated carbocycles. The molecule has 4 heteroatoms. The van der Waals surface area contributed by atoms with Crippen molar-refractivity contribution >= 4 is 28.1 Å². The molecular formula is C16H22BrNO2. The Kier molecular flexibility index (Phi) is 6.79. The summed E-state index contributed by atoms with van der Waals surface area (Å²) in [5.41, 5.74) is 1.97. The summed E-state index contributed by atoms with van der Waals surface area (Å²) in [4.78, 5) is 11.4. The van der Waals surface area contributed by atoms with Crippen LogP contribution in [0.5, 0.6) is 0 Å². The predicted octanol–water partition coefficient (Wildman–Crippen LogP) is 4.51. The number of alkyl halides is 1. The predicted molar refractivity (Wildman–Crippen MR) is 87.0 cm³/mol. The van der Waals surface area contributed by atoms with E-state index >= 15 is 0 Å². The Morgan fingerprint density at radius 1 is 1.40 bits per heavy atom. The van der Waals surface area contributed by atoms with Gasteiger partial charge in [0, 0.05) is 11.9 Å². The van der Waals surface area contributed by atoms with Crippen LogP contribution in [0.4, 0.5) is 4.79 Å². The molecule has 0 aliphatic rings. The second-order valence-electron chi connectivity index (χ2n) is 5.50. The highest BCUT2D eigenvalue weighted by Crippen LogP contribution is 2.10. The molecule has 1 rings (SSSR count). The van der Waals surface area contributed by atoms with Crippen LogP contribution in [0.15, 0.2) is 30.3 Å². The monoisotopic (exact) mass is 339 g/mol. The normalized spacial score (nSPS) is 11.6. The van der Waals surface area contributed by atoms with Crippen LogP contribution in [0.1, 0.15) is 38.3 Å². The van der Waals surface area contributed by atoms with E-state index in [4.69, 9.17) is 4.74 Å². The molecule has 0 aliphatic carbocycles. The minimum Gasteiger partial charge on any atom is -0.444 e. The molecule has 0 aromatic heterocycles. The van der Waals surface area contributed by atoms with Crippen LogP contribution in [-0.4, -0.2) is 18.2 Å². The van der Waals surface area contributed by atoms with E-state index in [0.717, 1.165) is 11.8 Å². The van der Waals surface area contributed by atoms with Crippen molar-refractivity contribution in [3.05, 3.63) is 41.5 Å². The minimum atomic E-state index is -0.448. The maximum Gasteiger partial charge on any atom is 0.407 e. The number of halogens is 1. The third-order valence-electron chi connectivity index (χ3n) is 2.39. The zero-order chi connectivity index (χ0) is 15.0. The van der Waals surface area contributed by atoms with E-state index in [9.17, 15) is 4.79 Å². The number of nitrogens with one attached hydrogen (secondary N) is 1. The molecule has 3 nitrogen and oxygen atoms in total. The molecule has 0 heterocycles. The number of benzene rings is 1. The third kappa shape index (κ3) is 7.34. The van der Waals surface area contributed by atoms with Gasteiger partial charge in [0.1, 0.15) is 5.60 Å². The molecule has 0 aliphatic heterocycles. The van der Waals surface area contributed by atoms with E-state index in [0.29, 0.717) is 6.54 Å². The quantitative estimate of drug-likeness (QED) is 0.633. The van der Waals surface area contributed by atoms with E-state index in [1.807, 2.05) is 32.9 Å². The van der Waals surface area contributed by atoms with Crippen LogP contribution < -0.4 is 5.32 Å². The molecule has 1 amide bonds. The van der Waals surface area contributed by atoms with Crippen LogP contribution in [0, 0.1) is 0 Å². The van der Waals surface area contributed by atoms with Gasteiger partial charge >= 0.3 is 6.09 Å². The Balaban J connectivity index is 2.30. The molecule has 0 bridgehead atoms. The van der Waals surface area contributed by atoms with Crippen molar-refractivity contribution in [1.29, 1.82) is 0 Å². The van der Waals surface area contributed by atoms with Crippen LogP contribution in [0.3, 0.4) is 0 Å². The van der Waals surface area contributed by atoms with E-state index in [1.54, 1.807) is 0 Å². The molecule has 1 aromatic rings. The highest BCUT2D eigenvalue weighted by Gasteiger charge is 2.14. The van der Waals surface area contributed by atoms with Crippen molar-refractivity contribution in [2.24, 2.45) is 0 Å². The lowest BCUT2D eigenvalue weighted by molar-refractivity contribution is 0.0529. The maximum absolute atomic E-state index is 11.4. The van der Waals surface area contributed by atoms with Gasteiger partial charge in [-0.1, -0.05) is 52.3 Å². The molecular weight excluding hydrogens is 318 g/mol. The van der Waals surface area contributed by atoms with Gasteiger partial charge in [0.15, 0.2) is 0 Å². The molecule has 0 radical (unpaired) electrons. The average molecular weight is 340 g/mol. The van der Waals surface area contributed by atoms with Crippen LogP contribution in [-0.2, 0) is 10.1 Å². The number of hydrogen-bond acceptors (Lipinski definition) is 2. The Morgan fingerprint density at radius 2 is 2.15 bits per heavy atom. The highest BCUT2D eigenvalue weighted by atomic mass is 79.9. The maximum atomic E-state index is 11.4. The van der Waals surface area contributed by atoms with E-state index in [-0.39, 0.29) is 6.09 Å². The van der Waals surface area contributed by atoms with Gasteiger partial charge in [0.05, 0.1) is 0 Å². The summed E-state index contributed by atoms with van der Waals surface area (Å²) in [6.07, 6.45) is 4.51. The number of ether oxygens (including phenoxy) is 1. The molecule has 0 unspecified atom stereocenters. The van der Waals surface area contributed by atoms with Crippen LogP contribution in [0.25, 0.3) is 6.08 Å². The first kappa shape index (κ1) is 16.8. The summed E-state index contributed by atoms with van der Waals surface area (Å²) >= 11 is 3.44. The van der Waals surface area contributed by atoms with Crippen LogP contribution in [0.2, 0.25) is 0 Å². The van der Waals surface area contributed by atoms with Crippen molar-refractivity contribution in [2.75, 3.05) is 6.54 Å². The summed E-state index contributed by atoms with van der Waals surface area (Å²) in [6, 6.07) is 8.31. The van der Waals surface area contributed by atoms with Crippen molar-refractivity contribution in [3.8, 4) is 0 Å². The summed E-state index contributed by atoms with van der Waals surface area (Å²) in [7, 11) is 0. The Morgan fingerprint density at radius 3 is 2.80 bits per heavy atom. The minimum absolute atomic E-state index is 0.368. The Labute approximate surface area is 129 Å². The van der Waals surface area contributed by atoms with Crippen molar-refractivity contribution in [1.82, 2.24) is 5.32 Å². The van der Waals surface area contributed by atoms with E-state index in [2.05, 4.69) is 45.5 Å². The van der Waals surface area contributed by atoms with Gasteiger partial charge < -0.3 is 10.1 Å². The first-order valence-electron chi connectivity index (χ1n) is 6.69. The van der Waals surface area contributed by atoms with E-state index in [1.165, 1.54) is 11.1 Å². The van der Waals surface area contributed by atoms with Crippen LogP contribution >= 0.6 is 15.9 Å². The molecule has 0 saturated heterocycles. The third-order valence-corrected chi connectivity index (χ3v) is 3.04. The van der Waals surface area contributed by atoms with Gasteiger partial charge in [-0.25, -0.2) is 4.79 Å². The second-order valence-corrected chi connectivity index (χ2v) is 6.06. The first-order valence-corrected chi connectivity index (χ1v) is 7.81. The van der Waals surface area contributed by atoms with Gasteiger partial charge in [-0.15, -0.1) is 0 Å². The highest BCUT2D eigenvalue weighted by molar-refractivity contribution is 9.08. The standard InChI is InChI=1S/C16H22BrNO2/c1-16(2,3)20-15(19)18-10-5-4-7-13-8-6-9-14(11-13)12-17/h4,6-9,11H,5,10,12H2,1-3H3,(H,18,19)/b7-4+. The lowest BCUT2D eigenvalue weighted by atomic mass is 10.1. The smallest absolute Gasteiger partial charge is 0.407 e. The fraction of sp³-hybridized carbons (Fsp3) is 0.438. The number of carbonyl (C=O) groups is 1. The summed E-state index contributed by atoms with van der Waals surface area (Å²) < 4.78 is 5.15. The number of rotatable bonds is 5. The van der Waals surface area contributed by atoms with Gasteiger partial charge in [-0.3, -0.25) is 0 Å². The number of carbonyl (C=O) groups excluding carboxylic acids is 1. The SMILES string of the molecule is CC(C)(C)OC(=O)NCC/C=C/c1cccc(CBr)c1. The fourth-order valence-corrected chi connectivity index (χ4v) is 1.92. The lowest BCUT2D eigenvalue weighted by Gasteiger charge is -2.19. The molecule has 110 valence electrons. The lowest BCUT2D eigenvalue weighted by Crippen LogP contribution is -2.32. The van der Waals surface area contributed by atoms with Crippen molar-refractivity contribution < 1.29 is 9.53 Å². The second kappa shape index (κ2) is 8.10. The molecule has 0 spiro atoms. The first-order chi connectivity index (χ1) is 9.40.